The van der Waals surface area contributed by atoms with Crippen molar-refractivity contribution in [1.29, 1.82) is 0 Å². The molecule has 1 aromatic carbocycles. The lowest BCUT2D eigenvalue weighted by atomic mass is 10.2. The van der Waals surface area contributed by atoms with Crippen molar-refractivity contribution in [3.63, 3.8) is 0 Å². The number of hydrogen-bond donors (Lipinski definition) is 1. The molecule has 2 aromatic rings. The van der Waals surface area contributed by atoms with E-state index in [1.54, 1.807) is 12.3 Å². The minimum Gasteiger partial charge on any atom is -0.441 e. The first-order valence-electron chi connectivity index (χ1n) is 6.20. The van der Waals surface area contributed by atoms with Crippen LogP contribution >= 0.6 is 22.6 Å². The van der Waals surface area contributed by atoms with Crippen molar-refractivity contribution in [2.45, 2.75) is 26.3 Å². The van der Waals surface area contributed by atoms with E-state index in [9.17, 15) is 4.39 Å². The Bertz CT molecular complexity index is 554. The maximum absolute atomic E-state index is 13.1. The van der Waals surface area contributed by atoms with E-state index in [1.165, 1.54) is 12.1 Å². The van der Waals surface area contributed by atoms with Gasteiger partial charge in [-0.3, -0.25) is 0 Å². The van der Waals surface area contributed by atoms with E-state index >= 15 is 0 Å². The van der Waals surface area contributed by atoms with Crippen LogP contribution in [0.3, 0.4) is 0 Å². The summed E-state index contributed by atoms with van der Waals surface area (Å²) in [6.07, 6.45) is 2.44. The van der Waals surface area contributed by atoms with Crippen LogP contribution in [0.5, 0.6) is 0 Å². The number of halogens is 2. The number of nitrogens with zero attached hydrogens (tertiary/aromatic N) is 1. The third kappa shape index (κ3) is 4.01. The summed E-state index contributed by atoms with van der Waals surface area (Å²) in [7, 11) is 0. The molecule has 0 aliphatic carbocycles. The van der Waals surface area contributed by atoms with Crippen molar-refractivity contribution in [3.05, 3.63) is 39.7 Å². The Morgan fingerprint density at radius 1 is 1.42 bits per heavy atom. The largest absolute Gasteiger partial charge is 0.441 e. The van der Waals surface area contributed by atoms with Gasteiger partial charge in [0.25, 0.3) is 0 Å². The summed E-state index contributed by atoms with van der Waals surface area (Å²) in [6, 6.07) is 5.08. The average molecular weight is 374 g/mol. The van der Waals surface area contributed by atoms with Gasteiger partial charge in [-0.1, -0.05) is 13.8 Å². The van der Waals surface area contributed by atoms with Gasteiger partial charge in [0.2, 0.25) is 0 Å². The highest BCUT2D eigenvalue weighted by atomic mass is 127. The van der Waals surface area contributed by atoms with Gasteiger partial charge < -0.3 is 9.73 Å². The molecule has 1 N–H and O–H groups in total. The molecule has 0 saturated heterocycles. The average Bonchev–Trinajstić information content (AvgIpc) is 2.77. The molecule has 1 aromatic heterocycles. The highest BCUT2D eigenvalue weighted by Gasteiger charge is 2.10. The van der Waals surface area contributed by atoms with Crippen LogP contribution in [0, 0.1) is 9.39 Å². The normalized spacial score (nSPS) is 11.2. The van der Waals surface area contributed by atoms with Crippen molar-refractivity contribution in [2.24, 2.45) is 0 Å². The maximum Gasteiger partial charge on any atom is 0.196 e. The second kappa shape index (κ2) is 6.47. The van der Waals surface area contributed by atoms with Gasteiger partial charge in [-0.2, -0.15) is 0 Å². The predicted molar refractivity (Wildman–Crippen MR) is 81.5 cm³/mol. The molecule has 102 valence electrons. The third-order valence-electron chi connectivity index (χ3n) is 2.64. The van der Waals surface area contributed by atoms with Crippen LogP contribution in [0.15, 0.2) is 28.8 Å². The lowest BCUT2D eigenvalue weighted by molar-refractivity contribution is 0.484. The van der Waals surface area contributed by atoms with E-state index in [0.29, 0.717) is 17.7 Å². The minimum atomic E-state index is -0.242. The summed E-state index contributed by atoms with van der Waals surface area (Å²) >= 11 is 2.10. The number of benzene rings is 1. The zero-order chi connectivity index (χ0) is 13.8. The van der Waals surface area contributed by atoms with Gasteiger partial charge in [0.15, 0.2) is 11.7 Å². The van der Waals surface area contributed by atoms with Crippen molar-refractivity contribution in [2.75, 3.05) is 6.54 Å². The standard InChI is InChI=1S/C14H16FIN2O/c1-9(2)17-6-5-14-18-8-13(19-14)11-4-3-10(15)7-12(11)16/h3-4,7-9,17H,5-6H2,1-2H3. The molecule has 0 atom stereocenters. The predicted octanol–water partition coefficient (Wildman–Crippen LogP) is 3.63. The Morgan fingerprint density at radius 2 is 2.21 bits per heavy atom. The summed E-state index contributed by atoms with van der Waals surface area (Å²) in [5, 5.41) is 3.31. The molecule has 0 aliphatic rings. The van der Waals surface area contributed by atoms with E-state index in [1.807, 2.05) is 0 Å². The molecule has 0 radical (unpaired) electrons. The van der Waals surface area contributed by atoms with E-state index < -0.39 is 0 Å². The first-order chi connectivity index (χ1) is 9.06. The number of oxazole rings is 1. The molecule has 5 heteroatoms. The number of nitrogens with one attached hydrogen (secondary N) is 1. The fourth-order valence-electron chi connectivity index (χ4n) is 1.71. The monoisotopic (exact) mass is 374 g/mol. The van der Waals surface area contributed by atoms with Crippen molar-refractivity contribution in [3.8, 4) is 11.3 Å². The first kappa shape index (κ1) is 14.5. The third-order valence-corrected chi connectivity index (χ3v) is 3.53. The lowest BCUT2D eigenvalue weighted by Crippen LogP contribution is -2.24. The van der Waals surface area contributed by atoms with Gasteiger partial charge in [0, 0.05) is 28.1 Å². The number of rotatable bonds is 5. The summed E-state index contributed by atoms with van der Waals surface area (Å²) in [4.78, 5) is 4.25. The van der Waals surface area contributed by atoms with Gasteiger partial charge >= 0.3 is 0 Å². The summed E-state index contributed by atoms with van der Waals surface area (Å²) in [5.74, 6) is 1.14. The molecule has 0 saturated carbocycles. The molecular weight excluding hydrogens is 358 g/mol. The number of hydrogen-bond acceptors (Lipinski definition) is 3. The highest BCUT2D eigenvalue weighted by Crippen LogP contribution is 2.26. The molecule has 19 heavy (non-hydrogen) atoms. The van der Waals surface area contributed by atoms with Crippen molar-refractivity contribution >= 4 is 22.6 Å². The first-order valence-corrected chi connectivity index (χ1v) is 7.27. The van der Waals surface area contributed by atoms with Crippen LogP contribution in [0.25, 0.3) is 11.3 Å². The minimum absolute atomic E-state index is 0.242. The van der Waals surface area contributed by atoms with Crippen LogP contribution in [-0.2, 0) is 6.42 Å². The molecule has 0 bridgehead atoms. The Morgan fingerprint density at radius 3 is 2.89 bits per heavy atom. The van der Waals surface area contributed by atoms with Crippen molar-refractivity contribution < 1.29 is 8.81 Å². The zero-order valence-electron chi connectivity index (χ0n) is 10.9. The second-order valence-electron chi connectivity index (χ2n) is 4.60. The second-order valence-corrected chi connectivity index (χ2v) is 5.76. The molecule has 0 amide bonds. The van der Waals surface area contributed by atoms with E-state index in [-0.39, 0.29) is 5.82 Å². The lowest BCUT2D eigenvalue weighted by Gasteiger charge is -2.05. The highest BCUT2D eigenvalue weighted by molar-refractivity contribution is 14.1. The molecule has 0 aliphatic heterocycles. The van der Waals surface area contributed by atoms with E-state index in [0.717, 1.165) is 22.1 Å². The fraction of sp³-hybridized carbons (Fsp3) is 0.357. The Hall–Kier alpha value is -0.950. The van der Waals surface area contributed by atoms with Crippen LogP contribution < -0.4 is 5.32 Å². The fourth-order valence-corrected chi connectivity index (χ4v) is 2.45. The zero-order valence-corrected chi connectivity index (χ0v) is 13.1. The van der Waals surface area contributed by atoms with E-state index in [2.05, 4.69) is 46.7 Å². The van der Waals surface area contributed by atoms with Gasteiger partial charge in [0.05, 0.1) is 6.20 Å². The van der Waals surface area contributed by atoms with Crippen LogP contribution in [0.1, 0.15) is 19.7 Å². The van der Waals surface area contributed by atoms with Crippen molar-refractivity contribution in [1.82, 2.24) is 10.3 Å². The van der Waals surface area contributed by atoms with Crippen LogP contribution in [-0.4, -0.2) is 17.6 Å². The Balaban J connectivity index is 2.08. The topological polar surface area (TPSA) is 38.1 Å². The quantitative estimate of drug-likeness (QED) is 0.813. The maximum atomic E-state index is 13.1. The molecule has 0 unspecified atom stereocenters. The van der Waals surface area contributed by atoms with Crippen LogP contribution in [0.4, 0.5) is 4.39 Å². The summed E-state index contributed by atoms with van der Waals surface area (Å²) in [6.45, 7) is 5.03. The molecule has 0 spiro atoms. The summed E-state index contributed by atoms with van der Waals surface area (Å²) in [5.41, 5.74) is 0.873. The SMILES string of the molecule is CC(C)NCCc1ncc(-c2ccc(F)cc2I)o1. The molecular formula is C14H16FIN2O. The van der Waals surface area contributed by atoms with E-state index in [4.69, 9.17) is 4.42 Å². The molecule has 1 heterocycles. The van der Waals surface area contributed by atoms with Gasteiger partial charge in [0.1, 0.15) is 5.82 Å². The summed E-state index contributed by atoms with van der Waals surface area (Å²) < 4.78 is 19.6. The van der Waals surface area contributed by atoms with Crippen LogP contribution in [0.2, 0.25) is 0 Å². The molecule has 0 fully saturated rings. The van der Waals surface area contributed by atoms with Gasteiger partial charge in [-0.05, 0) is 40.8 Å². The number of aromatic nitrogens is 1. The van der Waals surface area contributed by atoms with Gasteiger partial charge in [-0.15, -0.1) is 0 Å². The molecule has 3 nitrogen and oxygen atoms in total. The smallest absolute Gasteiger partial charge is 0.196 e. The Kier molecular flexibility index (Phi) is 4.93. The van der Waals surface area contributed by atoms with Gasteiger partial charge in [-0.25, -0.2) is 9.37 Å². The molecule has 2 rings (SSSR count). The Labute approximate surface area is 125 Å².